The quantitative estimate of drug-likeness (QED) is 0.622. The summed E-state index contributed by atoms with van der Waals surface area (Å²) in [5.41, 5.74) is 1.45. The number of pyridine rings is 1. The van der Waals surface area contributed by atoms with Crippen molar-refractivity contribution in [1.29, 1.82) is 0 Å². The highest BCUT2D eigenvalue weighted by molar-refractivity contribution is 6.01. The maximum Gasteiger partial charge on any atom is 0.194 e. The average molecular weight is 277 g/mol. The number of hydrogen-bond acceptors (Lipinski definition) is 2. The molecule has 0 fully saturated rings. The number of carbonyl (C=O) groups excluding carboxylic acids is 1. The fraction of sp³-hybridized carbons (Fsp3) is 0.200. The first-order valence-electron chi connectivity index (χ1n) is 6.20. The Bertz CT molecular complexity index is 676. The maximum absolute atomic E-state index is 13.2. The first-order chi connectivity index (χ1) is 9.58. The molecule has 2 aromatic rings. The van der Waals surface area contributed by atoms with E-state index in [4.69, 9.17) is 0 Å². The van der Waals surface area contributed by atoms with Gasteiger partial charge in [-0.25, -0.2) is 13.2 Å². The van der Waals surface area contributed by atoms with Crippen LogP contribution < -0.4 is 0 Å². The van der Waals surface area contributed by atoms with Gasteiger partial charge in [0.1, 0.15) is 0 Å². The average Bonchev–Trinajstić information content (AvgIpc) is 2.87. The lowest BCUT2D eigenvalue weighted by atomic mass is 9.95. The third-order valence-electron chi connectivity index (χ3n) is 3.54. The fourth-order valence-electron chi connectivity index (χ4n) is 2.57. The summed E-state index contributed by atoms with van der Waals surface area (Å²) in [5, 5.41) is 0. The lowest BCUT2D eigenvalue weighted by molar-refractivity contribution is 0.0957. The molecule has 1 aromatic carbocycles. The number of halogens is 3. The van der Waals surface area contributed by atoms with E-state index in [0.717, 1.165) is 17.7 Å². The third-order valence-corrected chi connectivity index (χ3v) is 3.54. The van der Waals surface area contributed by atoms with E-state index < -0.39 is 29.2 Å². The first kappa shape index (κ1) is 12.8. The minimum absolute atomic E-state index is 0.162. The SMILES string of the molecule is O=C(c1cc(F)c(F)c(F)c1)C1CCc2cccnc21. The van der Waals surface area contributed by atoms with E-state index in [1.807, 2.05) is 6.07 Å². The Morgan fingerprint density at radius 1 is 1.20 bits per heavy atom. The molecule has 20 heavy (non-hydrogen) atoms. The molecule has 1 heterocycles. The summed E-state index contributed by atoms with van der Waals surface area (Å²) in [5.74, 6) is -5.22. The van der Waals surface area contributed by atoms with Crippen molar-refractivity contribution in [3.8, 4) is 0 Å². The van der Waals surface area contributed by atoms with Crippen LogP contribution in [0.25, 0.3) is 0 Å². The minimum Gasteiger partial charge on any atom is -0.293 e. The van der Waals surface area contributed by atoms with Crippen molar-refractivity contribution in [3.63, 3.8) is 0 Å². The molecule has 0 bridgehead atoms. The number of rotatable bonds is 2. The molecular formula is C15H10F3NO. The lowest BCUT2D eigenvalue weighted by Gasteiger charge is -2.10. The van der Waals surface area contributed by atoms with Gasteiger partial charge >= 0.3 is 0 Å². The Hall–Kier alpha value is -2.17. The number of benzene rings is 1. The van der Waals surface area contributed by atoms with Gasteiger partial charge in [-0.2, -0.15) is 0 Å². The van der Waals surface area contributed by atoms with Crippen LogP contribution in [-0.2, 0) is 6.42 Å². The summed E-state index contributed by atoms with van der Waals surface area (Å²) >= 11 is 0. The van der Waals surface area contributed by atoms with Gasteiger partial charge in [0.05, 0.1) is 11.6 Å². The highest BCUT2D eigenvalue weighted by Crippen LogP contribution is 2.34. The van der Waals surface area contributed by atoms with Crippen LogP contribution >= 0.6 is 0 Å². The second kappa shape index (κ2) is 4.74. The summed E-state index contributed by atoms with van der Waals surface area (Å²) in [4.78, 5) is 16.5. The molecule has 0 spiro atoms. The standard InChI is InChI=1S/C15H10F3NO/c16-11-6-9(7-12(17)13(11)18)15(20)10-4-3-8-2-1-5-19-14(8)10/h1-2,5-7,10H,3-4H2. The normalized spacial score (nSPS) is 17.1. The van der Waals surface area contributed by atoms with Gasteiger partial charge in [0.2, 0.25) is 0 Å². The molecule has 0 amide bonds. The molecule has 0 N–H and O–H groups in total. The van der Waals surface area contributed by atoms with E-state index in [1.54, 1.807) is 12.3 Å². The summed E-state index contributed by atoms with van der Waals surface area (Å²) < 4.78 is 39.3. The number of Topliss-reactive ketones (excluding diaryl/α,β-unsaturated/α-hetero) is 1. The van der Waals surface area contributed by atoms with E-state index >= 15 is 0 Å². The molecule has 2 nitrogen and oxygen atoms in total. The van der Waals surface area contributed by atoms with Gasteiger partial charge in [0, 0.05) is 11.8 Å². The Labute approximate surface area is 113 Å². The topological polar surface area (TPSA) is 30.0 Å². The van der Waals surface area contributed by atoms with Gasteiger partial charge < -0.3 is 0 Å². The van der Waals surface area contributed by atoms with Crippen molar-refractivity contribution in [1.82, 2.24) is 4.98 Å². The smallest absolute Gasteiger partial charge is 0.194 e. The van der Waals surface area contributed by atoms with E-state index in [2.05, 4.69) is 4.98 Å². The van der Waals surface area contributed by atoms with Crippen molar-refractivity contribution >= 4 is 5.78 Å². The van der Waals surface area contributed by atoms with Gasteiger partial charge in [0.25, 0.3) is 0 Å². The number of carbonyl (C=O) groups is 1. The van der Waals surface area contributed by atoms with Gasteiger partial charge in [-0.15, -0.1) is 0 Å². The zero-order chi connectivity index (χ0) is 14.3. The second-order valence-corrected chi connectivity index (χ2v) is 4.76. The Balaban J connectivity index is 1.99. The van der Waals surface area contributed by atoms with E-state index in [-0.39, 0.29) is 5.56 Å². The Morgan fingerprint density at radius 3 is 2.60 bits per heavy atom. The Kier molecular flexibility index (Phi) is 3.04. The van der Waals surface area contributed by atoms with Crippen LogP contribution in [0.1, 0.15) is 34.0 Å². The van der Waals surface area contributed by atoms with Crippen molar-refractivity contribution < 1.29 is 18.0 Å². The van der Waals surface area contributed by atoms with Crippen LogP contribution in [0, 0.1) is 17.5 Å². The molecular weight excluding hydrogens is 267 g/mol. The van der Waals surface area contributed by atoms with Crippen LogP contribution in [0.15, 0.2) is 30.5 Å². The highest BCUT2D eigenvalue weighted by Gasteiger charge is 2.31. The molecule has 1 atom stereocenters. The van der Waals surface area contributed by atoms with Crippen LogP contribution in [0.4, 0.5) is 13.2 Å². The van der Waals surface area contributed by atoms with E-state index in [0.29, 0.717) is 18.5 Å². The maximum atomic E-state index is 13.2. The highest BCUT2D eigenvalue weighted by atomic mass is 19.2. The molecule has 1 aliphatic rings. The number of nitrogens with zero attached hydrogens (tertiary/aromatic N) is 1. The summed E-state index contributed by atoms with van der Waals surface area (Å²) in [6.45, 7) is 0. The van der Waals surface area contributed by atoms with Crippen LogP contribution in [0.3, 0.4) is 0 Å². The first-order valence-corrected chi connectivity index (χ1v) is 6.20. The number of aromatic nitrogens is 1. The van der Waals surface area contributed by atoms with Crippen molar-refractivity contribution in [3.05, 3.63) is 64.7 Å². The van der Waals surface area contributed by atoms with Crippen LogP contribution in [0.2, 0.25) is 0 Å². The summed E-state index contributed by atoms with van der Waals surface area (Å²) in [6.07, 6.45) is 2.83. The Morgan fingerprint density at radius 2 is 1.90 bits per heavy atom. The zero-order valence-electron chi connectivity index (χ0n) is 10.4. The zero-order valence-corrected chi connectivity index (χ0v) is 10.4. The fourth-order valence-corrected chi connectivity index (χ4v) is 2.57. The van der Waals surface area contributed by atoms with Crippen LogP contribution in [0.5, 0.6) is 0 Å². The molecule has 1 aliphatic carbocycles. The molecule has 0 saturated carbocycles. The minimum atomic E-state index is -1.56. The summed E-state index contributed by atoms with van der Waals surface area (Å²) in [6, 6.07) is 5.13. The molecule has 1 aromatic heterocycles. The van der Waals surface area contributed by atoms with Crippen molar-refractivity contribution in [2.75, 3.05) is 0 Å². The van der Waals surface area contributed by atoms with Gasteiger partial charge in [0.15, 0.2) is 23.2 Å². The molecule has 0 saturated heterocycles. The number of fused-ring (bicyclic) bond motifs is 1. The molecule has 1 unspecified atom stereocenters. The van der Waals surface area contributed by atoms with E-state index in [9.17, 15) is 18.0 Å². The number of aryl methyl sites for hydroxylation is 1. The molecule has 102 valence electrons. The van der Waals surface area contributed by atoms with Crippen molar-refractivity contribution in [2.24, 2.45) is 0 Å². The molecule has 0 radical (unpaired) electrons. The largest absolute Gasteiger partial charge is 0.293 e. The summed E-state index contributed by atoms with van der Waals surface area (Å²) in [7, 11) is 0. The van der Waals surface area contributed by atoms with Crippen LogP contribution in [-0.4, -0.2) is 10.8 Å². The lowest BCUT2D eigenvalue weighted by Crippen LogP contribution is -2.12. The third kappa shape index (κ3) is 1.99. The molecule has 0 aliphatic heterocycles. The molecule has 3 rings (SSSR count). The van der Waals surface area contributed by atoms with Gasteiger partial charge in [-0.05, 0) is 36.6 Å². The number of ketones is 1. The predicted molar refractivity (Wildman–Crippen MR) is 65.9 cm³/mol. The second-order valence-electron chi connectivity index (χ2n) is 4.76. The van der Waals surface area contributed by atoms with Gasteiger partial charge in [-0.1, -0.05) is 6.07 Å². The molecule has 5 heteroatoms. The van der Waals surface area contributed by atoms with Crippen molar-refractivity contribution in [2.45, 2.75) is 18.8 Å². The predicted octanol–water partition coefficient (Wildman–Crippen LogP) is 3.41. The monoisotopic (exact) mass is 277 g/mol. The van der Waals surface area contributed by atoms with Gasteiger partial charge in [-0.3, -0.25) is 9.78 Å². The van der Waals surface area contributed by atoms with E-state index in [1.165, 1.54) is 0 Å². The number of hydrogen-bond donors (Lipinski definition) is 0.